The number of amides is 2. The zero-order chi connectivity index (χ0) is 19.8. The Morgan fingerprint density at radius 2 is 1.78 bits per heavy atom. The largest absolute Gasteiger partial charge is 0.451 e. The molecule has 0 aliphatic rings. The Labute approximate surface area is 157 Å². The number of carbonyl (C=O) groups is 2. The maximum absolute atomic E-state index is 12.6. The van der Waals surface area contributed by atoms with Crippen molar-refractivity contribution in [2.75, 3.05) is 5.32 Å². The number of furan rings is 1. The molecule has 1 aromatic carbocycles. The van der Waals surface area contributed by atoms with E-state index in [2.05, 4.69) is 10.4 Å². The van der Waals surface area contributed by atoms with Crippen LogP contribution in [0.3, 0.4) is 0 Å². The van der Waals surface area contributed by atoms with Crippen molar-refractivity contribution >= 4 is 17.5 Å². The summed E-state index contributed by atoms with van der Waals surface area (Å²) in [5.41, 5.74) is 7.82. The lowest BCUT2D eigenvalue weighted by molar-refractivity contribution is 0.0973. The van der Waals surface area contributed by atoms with Gasteiger partial charge in [0.05, 0.1) is 5.69 Å². The first-order valence-corrected chi connectivity index (χ1v) is 8.51. The monoisotopic (exact) mass is 366 g/mol. The average molecular weight is 366 g/mol. The zero-order valence-electron chi connectivity index (χ0n) is 15.7. The molecule has 0 unspecified atom stereocenters. The lowest BCUT2D eigenvalue weighted by Gasteiger charge is -2.13. The summed E-state index contributed by atoms with van der Waals surface area (Å²) in [6.07, 6.45) is 0. The third-order valence-corrected chi connectivity index (χ3v) is 4.16. The van der Waals surface area contributed by atoms with E-state index in [1.54, 1.807) is 48.1 Å². The highest BCUT2D eigenvalue weighted by molar-refractivity contribution is 6.03. The second-order valence-electron chi connectivity index (χ2n) is 7.35. The van der Waals surface area contributed by atoms with Crippen LogP contribution in [-0.2, 0) is 12.5 Å². The number of anilines is 1. The number of nitrogens with zero attached hydrogens (tertiary/aromatic N) is 2. The number of benzene rings is 1. The summed E-state index contributed by atoms with van der Waals surface area (Å²) in [7, 11) is 1.75. The van der Waals surface area contributed by atoms with Gasteiger partial charge in [-0.15, -0.1) is 0 Å². The van der Waals surface area contributed by atoms with E-state index in [4.69, 9.17) is 10.2 Å². The van der Waals surface area contributed by atoms with Gasteiger partial charge >= 0.3 is 0 Å². The number of hydrogen-bond acceptors (Lipinski definition) is 4. The van der Waals surface area contributed by atoms with E-state index in [0.29, 0.717) is 17.1 Å². The molecule has 0 saturated heterocycles. The molecule has 3 N–H and O–H groups in total. The number of aryl methyl sites for hydroxylation is 1. The van der Waals surface area contributed by atoms with Crippen molar-refractivity contribution < 1.29 is 14.0 Å². The van der Waals surface area contributed by atoms with Gasteiger partial charge in [0.1, 0.15) is 11.5 Å². The Balaban J connectivity index is 1.75. The highest BCUT2D eigenvalue weighted by Gasteiger charge is 2.21. The van der Waals surface area contributed by atoms with Crippen LogP contribution in [0.15, 0.2) is 46.9 Å². The van der Waals surface area contributed by atoms with Gasteiger partial charge in [-0.05, 0) is 42.5 Å². The summed E-state index contributed by atoms with van der Waals surface area (Å²) < 4.78 is 6.98. The highest BCUT2D eigenvalue weighted by Crippen LogP contribution is 2.25. The molecule has 0 bridgehead atoms. The molecule has 2 aromatic heterocycles. The van der Waals surface area contributed by atoms with E-state index >= 15 is 0 Å². The summed E-state index contributed by atoms with van der Waals surface area (Å²) in [6.45, 7) is 6.15. The first-order valence-electron chi connectivity index (χ1n) is 8.51. The average Bonchev–Trinajstić information content (AvgIpc) is 3.22. The molecule has 2 amide bonds. The Morgan fingerprint density at radius 3 is 2.30 bits per heavy atom. The molecule has 0 spiro atoms. The number of carbonyl (C=O) groups excluding carboxylic acids is 2. The van der Waals surface area contributed by atoms with Gasteiger partial charge in [-0.1, -0.05) is 20.8 Å². The molecule has 0 saturated carbocycles. The van der Waals surface area contributed by atoms with E-state index in [-0.39, 0.29) is 17.1 Å². The zero-order valence-corrected chi connectivity index (χ0v) is 15.7. The van der Waals surface area contributed by atoms with Crippen LogP contribution in [-0.4, -0.2) is 21.6 Å². The smallest absolute Gasteiger partial charge is 0.284 e. The number of aromatic nitrogens is 2. The summed E-state index contributed by atoms with van der Waals surface area (Å²) in [5, 5.41) is 7.28. The normalized spacial score (nSPS) is 11.4. The summed E-state index contributed by atoms with van der Waals surface area (Å²) in [5.74, 6) is -0.213. The minimum Gasteiger partial charge on any atom is -0.451 e. The predicted octanol–water partition coefficient (Wildman–Crippen LogP) is 3.33. The third-order valence-electron chi connectivity index (χ3n) is 4.16. The van der Waals surface area contributed by atoms with Crippen LogP contribution in [0.4, 0.5) is 5.69 Å². The first-order chi connectivity index (χ1) is 12.6. The second kappa shape index (κ2) is 6.75. The van der Waals surface area contributed by atoms with E-state index in [0.717, 1.165) is 11.3 Å². The van der Waals surface area contributed by atoms with Crippen molar-refractivity contribution in [1.29, 1.82) is 0 Å². The van der Waals surface area contributed by atoms with Crippen LogP contribution in [0.1, 0.15) is 47.5 Å². The second-order valence-corrected chi connectivity index (χ2v) is 7.35. The van der Waals surface area contributed by atoms with E-state index in [1.165, 1.54) is 6.07 Å². The number of nitrogens with two attached hydrogens (primary N) is 1. The molecule has 27 heavy (non-hydrogen) atoms. The van der Waals surface area contributed by atoms with Gasteiger partial charge < -0.3 is 15.5 Å². The molecule has 0 fully saturated rings. The van der Waals surface area contributed by atoms with Gasteiger partial charge in [0.15, 0.2) is 5.76 Å². The topological polar surface area (TPSA) is 103 Å². The number of primary amides is 1. The van der Waals surface area contributed by atoms with Crippen molar-refractivity contribution in [3.8, 4) is 11.3 Å². The van der Waals surface area contributed by atoms with Crippen LogP contribution in [0.25, 0.3) is 11.3 Å². The number of nitrogens with one attached hydrogen (secondary N) is 1. The predicted molar refractivity (Wildman–Crippen MR) is 103 cm³/mol. The molecular weight excluding hydrogens is 344 g/mol. The van der Waals surface area contributed by atoms with E-state index in [9.17, 15) is 9.59 Å². The molecule has 3 aromatic rings. The highest BCUT2D eigenvalue weighted by atomic mass is 16.3. The Kier molecular flexibility index (Phi) is 4.61. The Bertz CT molecular complexity index is 991. The van der Waals surface area contributed by atoms with Crippen molar-refractivity contribution in [3.63, 3.8) is 0 Å². The minimum absolute atomic E-state index is 0.105. The maximum Gasteiger partial charge on any atom is 0.284 e. The molecular formula is C20H22N4O3. The molecule has 7 heteroatoms. The maximum atomic E-state index is 12.6. The number of hydrogen-bond donors (Lipinski definition) is 2. The molecule has 140 valence electrons. The fourth-order valence-corrected chi connectivity index (χ4v) is 2.58. The Morgan fingerprint density at radius 1 is 1.11 bits per heavy atom. The van der Waals surface area contributed by atoms with Crippen LogP contribution >= 0.6 is 0 Å². The molecule has 0 aliphatic heterocycles. The molecule has 3 rings (SSSR count). The molecule has 0 aliphatic carbocycles. The molecule has 2 heterocycles. The van der Waals surface area contributed by atoms with Crippen molar-refractivity contribution in [1.82, 2.24) is 9.78 Å². The SMILES string of the molecule is Cn1nc(C(C)(C)C)cc1C(=O)Nc1ccc(-c2ccc(C(N)=O)o2)cc1. The minimum atomic E-state index is -0.615. The summed E-state index contributed by atoms with van der Waals surface area (Å²) in [4.78, 5) is 23.7. The summed E-state index contributed by atoms with van der Waals surface area (Å²) >= 11 is 0. The number of rotatable bonds is 4. The molecule has 0 atom stereocenters. The van der Waals surface area contributed by atoms with Gasteiger partial charge in [0.25, 0.3) is 11.8 Å². The van der Waals surface area contributed by atoms with Gasteiger partial charge in [-0.25, -0.2) is 0 Å². The van der Waals surface area contributed by atoms with Crippen molar-refractivity contribution in [2.45, 2.75) is 26.2 Å². The quantitative estimate of drug-likeness (QED) is 0.739. The third kappa shape index (κ3) is 3.92. The Hall–Kier alpha value is -3.35. The summed E-state index contributed by atoms with van der Waals surface area (Å²) in [6, 6.07) is 12.1. The van der Waals surface area contributed by atoms with Gasteiger partial charge in [-0.2, -0.15) is 5.10 Å². The first kappa shape index (κ1) is 18.4. The lowest BCUT2D eigenvalue weighted by Crippen LogP contribution is -2.15. The van der Waals surface area contributed by atoms with Crippen LogP contribution in [0, 0.1) is 0 Å². The van der Waals surface area contributed by atoms with Gasteiger partial charge in [0, 0.05) is 23.7 Å². The van der Waals surface area contributed by atoms with Crippen LogP contribution < -0.4 is 11.1 Å². The van der Waals surface area contributed by atoms with Crippen LogP contribution in [0.2, 0.25) is 0 Å². The molecule has 7 nitrogen and oxygen atoms in total. The molecule has 0 radical (unpaired) electrons. The van der Waals surface area contributed by atoms with Gasteiger partial charge in [-0.3, -0.25) is 14.3 Å². The standard InChI is InChI=1S/C20H22N4O3/c1-20(2,3)17-11-14(24(4)23-17)19(26)22-13-7-5-12(6-8-13)15-9-10-16(27-15)18(21)25/h5-11H,1-4H3,(H2,21,25)(H,22,26). The van der Waals surface area contributed by atoms with E-state index < -0.39 is 5.91 Å². The lowest BCUT2D eigenvalue weighted by atomic mass is 9.92. The van der Waals surface area contributed by atoms with Crippen molar-refractivity contribution in [3.05, 3.63) is 59.6 Å². The van der Waals surface area contributed by atoms with Crippen LogP contribution in [0.5, 0.6) is 0 Å². The fraction of sp³-hybridized carbons (Fsp3) is 0.250. The fourth-order valence-electron chi connectivity index (χ4n) is 2.58. The van der Waals surface area contributed by atoms with Gasteiger partial charge in [0.2, 0.25) is 0 Å². The van der Waals surface area contributed by atoms with Crippen molar-refractivity contribution in [2.24, 2.45) is 12.8 Å². The van der Waals surface area contributed by atoms with E-state index in [1.807, 2.05) is 20.8 Å².